The molecule has 0 aromatic carbocycles. The van der Waals surface area contributed by atoms with Gasteiger partial charge in [-0.15, -0.1) is 5.10 Å². The average molecular weight is 434 g/mol. The largest absolute Gasteiger partial charge is 0.483 e. The number of hydrogen-bond donors (Lipinski definition) is 2. The van der Waals surface area contributed by atoms with E-state index < -0.39 is 11.2 Å². The van der Waals surface area contributed by atoms with Gasteiger partial charge >= 0.3 is 0 Å². The van der Waals surface area contributed by atoms with Gasteiger partial charge in [0.2, 0.25) is 5.91 Å². The van der Waals surface area contributed by atoms with E-state index in [2.05, 4.69) is 25.5 Å². The molecule has 14 heteroatoms. The zero-order chi connectivity index (χ0) is 22.3. The van der Waals surface area contributed by atoms with Gasteiger partial charge in [-0.2, -0.15) is 0 Å². The Hall–Kier alpha value is -3.68. The van der Waals surface area contributed by atoms with Crippen molar-refractivity contribution in [3.8, 4) is 0 Å². The Bertz CT molecular complexity index is 964. The molecule has 0 bridgehead atoms. The van der Waals surface area contributed by atoms with E-state index in [1.54, 1.807) is 9.80 Å². The van der Waals surface area contributed by atoms with Crippen molar-refractivity contribution in [3.05, 3.63) is 34.8 Å². The van der Waals surface area contributed by atoms with Gasteiger partial charge in [0.1, 0.15) is 17.6 Å². The van der Waals surface area contributed by atoms with Gasteiger partial charge in [-0.25, -0.2) is 4.68 Å². The van der Waals surface area contributed by atoms with Crippen LogP contribution in [0.25, 0.3) is 0 Å². The van der Waals surface area contributed by atoms with Crippen LogP contribution in [0.2, 0.25) is 0 Å². The van der Waals surface area contributed by atoms with E-state index in [1.807, 2.05) is 0 Å². The van der Waals surface area contributed by atoms with Gasteiger partial charge in [0.15, 0.2) is 0 Å². The lowest BCUT2D eigenvalue weighted by molar-refractivity contribution is -0.134. The summed E-state index contributed by atoms with van der Waals surface area (Å²) in [5.41, 5.74) is -0.855. The molecular weight excluding hydrogens is 412 g/mol. The Labute approximate surface area is 175 Å². The minimum atomic E-state index is -0.582. The number of morpholine rings is 1. The fourth-order valence-corrected chi connectivity index (χ4v) is 3.63. The van der Waals surface area contributed by atoms with Crippen molar-refractivity contribution in [3.63, 3.8) is 0 Å². The number of nitrogens with one attached hydrogen (secondary N) is 1. The summed E-state index contributed by atoms with van der Waals surface area (Å²) in [7, 11) is 0. The second kappa shape index (κ2) is 9.88. The zero-order valence-corrected chi connectivity index (χ0v) is 16.6. The van der Waals surface area contributed by atoms with Crippen LogP contribution in [-0.4, -0.2) is 102 Å². The second-order valence-electron chi connectivity index (χ2n) is 7.06. The third-order valence-corrected chi connectivity index (χ3v) is 5.03. The molecule has 0 radical (unpaired) electrons. The van der Waals surface area contributed by atoms with Crippen LogP contribution in [0.3, 0.4) is 0 Å². The quantitative estimate of drug-likeness (QED) is 0.511. The summed E-state index contributed by atoms with van der Waals surface area (Å²) in [6.45, 7) is 2.32. The number of nitrogens with zero attached hydrogens (tertiary/aromatic N) is 7. The smallest absolute Gasteiger partial charge is 0.290 e. The van der Waals surface area contributed by atoms with Crippen LogP contribution >= 0.6 is 0 Å². The number of carbonyl (C=O) groups is 3. The topological polar surface area (TPSA) is 176 Å². The highest BCUT2D eigenvalue weighted by Crippen LogP contribution is 2.30. The Morgan fingerprint density at radius 2 is 2.03 bits per heavy atom. The summed E-state index contributed by atoms with van der Waals surface area (Å²) in [6.07, 6.45) is 4.87. The number of ether oxygens (including phenoxy) is 1. The fourth-order valence-electron chi connectivity index (χ4n) is 3.63. The van der Waals surface area contributed by atoms with Gasteiger partial charge in [-0.05, 0) is 16.8 Å². The molecule has 166 valence electrons. The van der Waals surface area contributed by atoms with E-state index >= 15 is 0 Å². The number of aryl methyl sites for hydroxylation is 1. The maximum Gasteiger partial charge on any atom is 0.290 e. The summed E-state index contributed by atoms with van der Waals surface area (Å²) in [5.74, 6) is -0.299. The maximum absolute atomic E-state index is 12.7. The lowest BCUT2D eigenvalue weighted by Crippen LogP contribution is -2.55. The van der Waals surface area contributed by atoms with E-state index in [9.17, 15) is 14.4 Å². The van der Waals surface area contributed by atoms with Crippen LogP contribution in [0.5, 0.6) is 0 Å². The van der Waals surface area contributed by atoms with Crippen molar-refractivity contribution >= 4 is 18.3 Å². The second-order valence-corrected chi connectivity index (χ2v) is 7.06. The lowest BCUT2D eigenvalue weighted by atomic mass is 10.0. The summed E-state index contributed by atoms with van der Waals surface area (Å²) < 4.78 is 7.49. The zero-order valence-electron chi connectivity index (χ0n) is 16.6. The monoisotopic (exact) mass is 434 g/mol. The van der Waals surface area contributed by atoms with Crippen LogP contribution in [0.1, 0.15) is 23.3 Å². The minimum absolute atomic E-state index is 0.00369. The Morgan fingerprint density at radius 1 is 1.26 bits per heavy atom. The standard InChI is InChI=1S/C16H20N8O4.CH2O2/c25-13-8-17-7-12(19-13)15(27)23-5-6-28-16(10-23)2-4-22(9-16)14(26)1-3-24-11-18-20-21-24;2-1-3/h7-8,11H,1-6,9-10H2,(H,19,25);1H,(H,2,3). The maximum atomic E-state index is 12.7. The first-order chi connectivity index (χ1) is 15.0. The first-order valence-corrected chi connectivity index (χ1v) is 9.50. The first-order valence-electron chi connectivity index (χ1n) is 9.50. The predicted octanol–water partition coefficient (Wildman–Crippen LogP) is -2.01. The van der Waals surface area contributed by atoms with Gasteiger partial charge in [-0.3, -0.25) is 24.2 Å². The molecule has 2 aromatic rings. The van der Waals surface area contributed by atoms with Crippen LogP contribution in [0, 0.1) is 0 Å². The third kappa shape index (κ3) is 5.48. The molecule has 4 rings (SSSR count). The first kappa shape index (κ1) is 22.0. The number of likely N-dealkylation sites (tertiary alicyclic amines) is 1. The van der Waals surface area contributed by atoms with Gasteiger partial charge in [-0.1, -0.05) is 0 Å². The molecular formula is C17H22N8O6. The van der Waals surface area contributed by atoms with Gasteiger partial charge < -0.3 is 24.6 Å². The van der Waals surface area contributed by atoms with Crippen LogP contribution in [0.15, 0.2) is 23.5 Å². The highest BCUT2D eigenvalue weighted by molar-refractivity contribution is 5.92. The SMILES string of the molecule is O=C(CCn1cnnn1)N1CCC2(C1)CN(C(=O)c1cncc(=O)[nH]1)CCO2.O=CO. The van der Waals surface area contributed by atoms with Crippen LogP contribution < -0.4 is 5.56 Å². The minimum Gasteiger partial charge on any atom is -0.483 e. The lowest BCUT2D eigenvalue weighted by Gasteiger charge is -2.40. The molecule has 2 aliphatic rings. The number of hydrogen-bond acceptors (Lipinski definition) is 9. The molecule has 4 heterocycles. The number of carbonyl (C=O) groups excluding carboxylic acids is 2. The number of aromatic nitrogens is 6. The molecule has 2 N–H and O–H groups in total. The van der Waals surface area contributed by atoms with Crippen molar-refractivity contribution in [2.24, 2.45) is 0 Å². The Kier molecular flexibility index (Phi) is 7.02. The highest BCUT2D eigenvalue weighted by Gasteiger charge is 2.45. The summed E-state index contributed by atoms with van der Waals surface area (Å²) in [4.78, 5) is 54.7. The average Bonchev–Trinajstić information content (AvgIpc) is 3.43. The number of aromatic amines is 1. The van der Waals surface area contributed by atoms with Gasteiger partial charge in [0, 0.05) is 19.5 Å². The van der Waals surface area contributed by atoms with Gasteiger partial charge in [0.25, 0.3) is 17.9 Å². The van der Waals surface area contributed by atoms with Crippen molar-refractivity contribution in [2.45, 2.75) is 25.0 Å². The Balaban J connectivity index is 0.000000858. The molecule has 0 aliphatic carbocycles. The summed E-state index contributed by atoms with van der Waals surface area (Å²) in [5, 5.41) is 17.7. The normalized spacial score (nSPS) is 20.3. The van der Waals surface area contributed by atoms with Crippen molar-refractivity contribution in [2.75, 3.05) is 32.8 Å². The van der Waals surface area contributed by atoms with Gasteiger partial charge in [0.05, 0.1) is 38.6 Å². The Morgan fingerprint density at radius 3 is 2.74 bits per heavy atom. The van der Waals surface area contributed by atoms with E-state index in [0.717, 1.165) is 6.20 Å². The number of amides is 2. The molecule has 2 fully saturated rings. The molecule has 1 atom stereocenters. The molecule has 2 aromatic heterocycles. The number of carboxylic acid groups (broad SMARTS) is 1. The molecule has 14 nitrogen and oxygen atoms in total. The van der Waals surface area contributed by atoms with E-state index in [4.69, 9.17) is 14.6 Å². The molecule has 2 saturated heterocycles. The van der Waals surface area contributed by atoms with E-state index in [0.29, 0.717) is 52.2 Å². The van der Waals surface area contributed by atoms with Crippen molar-refractivity contribution in [1.82, 2.24) is 40.0 Å². The fraction of sp³-hybridized carbons (Fsp3) is 0.529. The third-order valence-electron chi connectivity index (χ3n) is 5.03. The summed E-state index contributed by atoms with van der Waals surface area (Å²) in [6, 6.07) is 0. The van der Waals surface area contributed by atoms with E-state index in [-0.39, 0.29) is 24.0 Å². The number of H-pyrrole nitrogens is 1. The van der Waals surface area contributed by atoms with Crippen LogP contribution in [-0.2, 0) is 20.9 Å². The highest BCUT2D eigenvalue weighted by atomic mass is 16.5. The number of rotatable bonds is 4. The molecule has 1 spiro atoms. The van der Waals surface area contributed by atoms with E-state index in [1.165, 1.54) is 17.2 Å². The molecule has 2 amide bonds. The van der Waals surface area contributed by atoms with Crippen molar-refractivity contribution < 1.29 is 24.2 Å². The molecule has 31 heavy (non-hydrogen) atoms. The molecule has 0 saturated carbocycles. The molecule has 1 unspecified atom stereocenters. The summed E-state index contributed by atoms with van der Waals surface area (Å²) >= 11 is 0. The number of tetrazole rings is 1. The predicted molar refractivity (Wildman–Crippen MR) is 102 cm³/mol. The van der Waals surface area contributed by atoms with Crippen molar-refractivity contribution in [1.29, 1.82) is 0 Å². The molecule has 2 aliphatic heterocycles. The van der Waals surface area contributed by atoms with Crippen LogP contribution in [0.4, 0.5) is 0 Å².